The number of methoxy groups -OCH3 is 1. The maximum atomic E-state index is 12.3. The molecule has 0 radical (unpaired) electrons. The standard InChI is InChI=1S/C14H18ClNO3/c1-4-16(8-7-13(17)19-3)14(18)11-6-5-10(2)9-12(11)15/h5-6,9H,4,7-8H2,1-3H3. The number of rotatable bonds is 5. The summed E-state index contributed by atoms with van der Waals surface area (Å²) < 4.78 is 4.57. The lowest BCUT2D eigenvalue weighted by Gasteiger charge is -2.21. The summed E-state index contributed by atoms with van der Waals surface area (Å²) in [6.45, 7) is 4.61. The van der Waals surface area contributed by atoms with Crippen LogP contribution in [-0.4, -0.2) is 37.0 Å². The SMILES string of the molecule is CCN(CCC(=O)OC)C(=O)c1ccc(C)cc1Cl. The van der Waals surface area contributed by atoms with Gasteiger partial charge in [0.05, 0.1) is 24.1 Å². The molecule has 0 saturated carbocycles. The first kappa shape index (κ1) is 15.5. The first-order valence-corrected chi connectivity index (χ1v) is 6.49. The number of hydrogen-bond acceptors (Lipinski definition) is 3. The summed E-state index contributed by atoms with van der Waals surface area (Å²) in [5, 5.41) is 0.432. The molecule has 1 amide bonds. The minimum absolute atomic E-state index is 0.170. The fraction of sp³-hybridized carbons (Fsp3) is 0.429. The van der Waals surface area contributed by atoms with Gasteiger partial charge in [-0.25, -0.2) is 0 Å². The number of carbonyl (C=O) groups excluding carboxylic acids is 2. The molecule has 0 aromatic heterocycles. The van der Waals surface area contributed by atoms with Crippen LogP contribution in [0, 0.1) is 6.92 Å². The number of halogens is 1. The molecule has 4 nitrogen and oxygen atoms in total. The number of nitrogens with zero attached hydrogens (tertiary/aromatic N) is 1. The molecule has 0 heterocycles. The van der Waals surface area contributed by atoms with E-state index in [0.29, 0.717) is 23.7 Å². The average molecular weight is 284 g/mol. The van der Waals surface area contributed by atoms with Crippen LogP contribution in [0.3, 0.4) is 0 Å². The van der Waals surface area contributed by atoms with E-state index in [9.17, 15) is 9.59 Å². The molecule has 1 rings (SSSR count). The van der Waals surface area contributed by atoms with Crippen LogP contribution in [0.4, 0.5) is 0 Å². The molecule has 0 aliphatic carbocycles. The topological polar surface area (TPSA) is 46.6 Å². The Morgan fingerprint density at radius 1 is 1.37 bits per heavy atom. The second kappa shape index (κ2) is 7.14. The third-order valence-corrected chi connectivity index (χ3v) is 3.15. The minimum atomic E-state index is -0.332. The molecule has 1 aromatic carbocycles. The van der Waals surface area contributed by atoms with E-state index in [1.165, 1.54) is 7.11 Å². The van der Waals surface area contributed by atoms with Crippen molar-refractivity contribution in [1.82, 2.24) is 4.90 Å². The van der Waals surface area contributed by atoms with E-state index in [1.54, 1.807) is 17.0 Å². The average Bonchev–Trinajstić information content (AvgIpc) is 2.38. The minimum Gasteiger partial charge on any atom is -0.469 e. The molecule has 0 fully saturated rings. The summed E-state index contributed by atoms with van der Waals surface area (Å²) in [5.41, 5.74) is 1.46. The Hall–Kier alpha value is -1.55. The molecule has 19 heavy (non-hydrogen) atoms. The van der Waals surface area contributed by atoms with Crippen LogP contribution in [0.1, 0.15) is 29.3 Å². The van der Waals surface area contributed by atoms with Crippen molar-refractivity contribution in [1.29, 1.82) is 0 Å². The predicted molar refractivity (Wildman–Crippen MR) is 74.4 cm³/mol. The van der Waals surface area contributed by atoms with Crippen LogP contribution in [0.2, 0.25) is 5.02 Å². The number of esters is 1. The van der Waals surface area contributed by atoms with Crippen molar-refractivity contribution < 1.29 is 14.3 Å². The van der Waals surface area contributed by atoms with E-state index >= 15 is 0 Å². The predicted octanol–water partition coefficient (Wildman–Crippen LogP) is 2.67. The van der Waals surface area contributed by atoms with Gasteiger partial charge in [0.15, 0.2) is 0 Å². The molecular weight excluding hydrogens is 266 g/mol. The Morgan fingerprint density at radius 2 is 2.05 bits per heavy atom. The number of carbonyl (C=O) groups is 2. The maximum Gasteiger partial charge on any atom is 0.307 e. The molecule has 5 heteroatoms. The highest BCUT2D eigenvalue weighted by molar-refractivity contribution is 6.33. The van der Waals surface area contributed by atoms with Gasteiger partial charge in [0.2, 0.25) is 0 Å². The molecule has 104 valence electrons. The Bertz CT molecular complexity index is 474. The van der Waals surface area contributed by atoms with Crippen molar-refractivity contribution in [3.63, 3.8) is 0 Å². The van der Waals surface area contributed by atoms with Crippen molar-refractivity contribution in [2.75, 3.05) is 20.2 Å². The number of benzene rings is 1. The lowest BCUT2D eigenvalue weighted by atomic mass is 10.1. The second-order valence-corrected chi connectivity index (χ2v) is 4.60. The largest absolute Gasteiger partial charge is 0.469 e. The van der Waals surface area contributed by atoms with Crippen LogP contribution < -0.4 is 0 Å². The summed E-state index contributed by atoms with van der Waals surface area (Å²) in [5.74, 6) is -0.502. The maximum absolute atomic E-state index is 12.3. The highest BCUT2D eigenvalue weighted by Crippen LogP contribution is 2.19. The Labute approximate surface area is 118 Å². The van der Waals surface area contributed by atoms with Gasteiger partial charge in [0.25, 0.3) is 5.91 Å². The lowest BCUT2D eigenvalue weighted by molar-refractivity contribution is -0.140. The van der Waals surface area contributed by atoms with E-state index in [0.717, 1.165) is 5.56 Å². The van der Waals surface area contributed by atoms with Crippen LogP contribution in [0.5, 0.6) is 0 Å². The first-order valence-electron chi connectivity index (χ1n) is 6.11. The lowest BCUT2D eigenvalue weighted by Crippen LogP contribution is -2.33. The van der Waals surface area contributed by atoms with Gasteiger partial charge in [-0.1, -0.05) is 17.7 Å². The Morgan fingerprint density at radius 3 is 2.58 bits per heavy atom. The van der Waals surface area contributed by atoms with Gasteiger partial charge >= 0.3 is 5.97 Å². The third-order valence-electron chi connectivity index (χ3n) is 2.84. The summed E-state index contributed by atoms with van der Waals surface area (Å²) in [6.07, 6.45) is 0.180. The van der Waals surface area contributed by atoms with Crippen molar-refractivity contribution >= 4 is 23.5 Å². The van der Waals surface area contributed by atoms with Gasteiger partial charge in [-0.2, -0.15) is 0 Å². The molecule has 0 spiro atoms. The molecule has 1 aromatic rings. The van der Waals surface area contributed by atoms with Crippen LogP contribution in [0.25, 0.3) is 0 Å². The molecule has 0 saturated heterocycles. The van der Waals surface area contributed by atoms with Gasteiger partial charge in [-0.15, -0.1) is 0 Å². The Kier molecular flexibility index (Phi) is 5.83. The fourth-order valence-electron chi connectivity index (χ4n) is 1.70. The highest BCUT2D eigenvalue weighted by Gasteiger charge is 2.18. The summed E-state index contributed by atoms with van der Waals surface area (Å²) in [7, 11) is 1.33. The van der Waals surface area contributed by atoms with Crippen molar-refractivity contribution in [2.24, 2.45) is 0 Å². The quantitative estimate of drug-likeness (QED) is 0.781. The number of ether oxygens (including phenoxy) is 1. The number of hydrogen-bond donors (Lipinski definition) is 0. The zero-order valence-electron chi connectivity index (χ0n) is 11.4. The van der Waals surface area contributed by atoms with Crippen molar-refractivity contribution in [3.05, 3.63) is 34.3 Å². The van der Waals surface area contributed by atoms with Gasteiger partial charge in [-0.05, 0) is 31.5 Å². The van der Waals surface area contributed by atoms with Crippen molar-refractivity contribution in [3.8, 4) is 0 Å². The zero-order valence-corrected chi connectivity index (χ0v) is 12.2. The molecule has 0 unspecified atom stereocenters. The van der Waals surface area contributed by atoms with Gasteiger partial charge < -0.3 is 9.64 Å². The third kappa shape index (κ3) is 4.24. The smallest absolute Gasteiger partial charge is 0.307 e. The van der Waals surface area contributed by atoms with E-state index in [1.807, 2.05) is 19.9 Å². The molecule has 0 bridgehead atoms. The Balaban J connectivity index is 2.80. The van der Waals surface area contributed by atoms with Crippen LogP contribution in [0.15, 0.2) is 18.2 Å². The number of aryl methyl sites for hydroxylation is 1. The molecule has 0 aliphatic rings. The van der Waals surface area contributed by atoms with Gasteiger partial charge in [-0.3, -0.25) is 9.59 Å². The summed E-state index contributed by atoms with van der Waals surface area (Å²) >= 11 is 6.08. The molecule has 0 atom stereocenters. The number of amides is 1. The normalized spacial score (nSPS) is 10.1. The van der Waals surface area contributed by atoms with E-state index in [2.05, 4.69) is 4.74 Å². The van der Waals surface area contributed by atoms with Crippen LogP contribution in [-0.2, 0) is 9.53 Å². The first-order chi connectivity index (χ1) is 8.99. The fourth-order valence-corrected chi connectivity index (χ4v) is 2.01. The van der Waals surface area contributed by atoms with E-state index < -0.39 is 0 Å². The monoisotopic (exact) mass is 283 g/mol. The second-order valence-electron chi connectivity index (χ2n) is 4.19. The highest BCUT2D eigenvalue weighted by atomic mass is 35.5. The van der Waals surface area contributed by atoms with Gasteiger partial charge in [0.1, 0.15) is 0 Å². The summed E-state index contributed by atoms with van der Waals surface area (Å²) in [6, 6.07) is 5.30. The van der Waals surface area contributed by atoms with Gasteiger partial charge in [0, 0.05) is 13.1 Å². The van der Waals surface area contributed by atoms with Crippen molar-refractivity contribution in [2.45, 2.75) is 20.3 Å². The van der Waals surface area contributed by atoms with Crippen LogP contribution >= 0.6 is 11.6 Å². The zero-order chi connectivity index (χ0) is 14.4. The van der Waals surface area contributed by atoms with E-state index in [4.69, 9.17) is 11.6 Å². The molecular formula is C14H18ClNO3. The molecule has 0 N–H and O–H groups in total. The molecule has 0 aliphatic heterocycles. The summed E-state index contributed by atoms with van der Waals surface area (Å²) in [4.78, 5) is 25.0. The van der Waals surface area contributed by atoms with E-state index in [-0.39, 0.29) is 18.3 Å².